The third-order valence-electron chi connectivity index (χ3n) is 6.67. The second kappa shape index (κ2) is 7.76. The maximum Gasteiger partial charge on any atom is 0.419 e. The first-order valence-corrected chi connectivity index (χ1v) is 10.8. The molecule has 0 amide bonds. The smallest absolute Gasteiger partial charge is 0.383 e. The van der Waals surface area contributed by atoms with Crippen LogP contribution in [0.25, 0.3) is 21.9 Å². The van der Waals surface area contributed by atoms with Crippen molar-refractivity contribution in [3.63, 3.8) is 0 Å². The molecule has 1 aromatic carbocycles. The fourth-order valence-corrected chi connectivity index (χ4v) is 4.94. The monoisotopic (exact) mass is 439 g/mol. The second-order valence-electron chi connectivity index (χ2n) is 8.74. The Morgan fingerprint density at radius 3 is 2.78 bits per heavy atom. The summed E-state index contributed by atoms with van der Waals surface area (Å²) in [6, 6.07) is 9.07. The summed E-state index contributed by atoms with van der Waals surface area (Å²) >= 11 is 0. The van der Waals surface area contributed by atoms with Crippen LogP contribution in [0.3, 0.4) is 0 Å². The highest BCUT2D eigenvalue weighted by Crippen LogP contribution is 2.39. The van der Waals surface area contributed by atoms with Crippen molar-refractivity contribution in [2.75, 3.05) is 5.73 Å². The lowest BCUT2D eigenvalue weighted by Crippen LogP contribution is -2.10. The highest BCUT2D eigenvalue weighted by atomic mass is 19.4. The van der Waals surface area contributed by atoms with Crippen molar-refractivity contribution in [1.29, 1.82) is 0 Å². The Hall–Kier alpha value is -3.16. The van der Waals surface area contributed by atoms with E-state index >= 15 is 0 Å². The predicted octanol–water partition coefficient (Wildman–Crippen LogP) is 5.86. The number of benzene rings is 1. The molecule has 0 aliphatic heterocycles. The Morgan fingerprint density at radius 2 is 1.97 bits per heavy atom. The van der Waals surface area contributed by atoms with Crippen LogP contribution in [0.1, 0.15) is 48.5 Å². The largest absolute Gasteiger partial charge is 0.419 e. The zero-order valence-corrected chi connectivity index (χ0v) is 17.7. The molecule has 0 saturated heterocycles. The van der Waals surface area contributed by atoms with Gasteiger partial charge in [0.2, 0.25) is 0 Å². The van der Waals surface area contributed by atoms with Crippen LogP contribution in [-0.2, 0) is 12.6 Å². The minimum atomic E-state index is -4.50. The van der Waals surface area contributed by atoms with Crippen molar-refractivity contribution < 1.29 is 13.2 Å². The predicted molar refractivity (Wildman–Crippen MR) is 118 cm³/mol. The van der Waals surface area contributed by atoms with Gasteiger partial charge >= 0.3 is 6.18 Å². The van der Waals surface area contributed by atoms with Crippen LogP contribution >= 0.6 is 0 Å². The number of nitrogen functional groups attached to an aromatic ring is 1. The number of aromatic nitrogens is 4. The van der Waals surface area contributed by atoms with Crippen molar-refractivity contribution in [3.8, 4) is 0 Å². The Kier molecular flexibility index (Phi) is 5.03. The summed E-state index contributed by atoms with van der Waals surface area (Å²) in [6.07, 6.45) is 4.51. The molecule has 1 aliphatic rings. The maximum absolute atomic E-state index is 13.1. The van der Waals surface area contributed by atoms with E-state index in [1.165, 1.54) is 0 Å². The number of hydrogen-bond donors (Lipinski definition) is 1. The minimum absolute atomic E-state index is 0.436. The number of halogens is 3. The molecule has 0 spiro atoms. The molecular formula is C24H24F3N5. The molecule has 3 aromatic heterocycles. The molecule has 5 rings (SSSR count). The highest BCUT2D eigenvalue weighted by molar-refractivity contribution is 5.82. The molecule has 0 radical (unpaired) electrons. The fraction of sp³-hybridized carbons (Fsp3) is 0.375. The van der Waals surface area contributed by atoms with Crippen LogP contribution in [0.15, 0.2) is 42.9 Å². The normalized spacial score (nSPS) is 19.2. The van der Waals surface area contributed by atoms with Gasteiger partial charge in [0.25, 0.3) is 0 Å². The summed E-state index contributed by atoms with van der Waals surface area (Å²) in [5.74, 6) is 0.125. The Morgan fingerprint density at radius 1 is 1.12 bits per heavy atom. The number of fused-ring (bicyclic) bond motifs is 2. The third kappa shape index (κ3) is 3.78. The van der Waals surface area contributed by atoms with Gasteiger partial charge in [-0.3, -0.25) is 0 Å². The highest BCUT2D eigenvalue weighted by Gasteiger charge is 2.34. The van der Waals surface area contributed by atoms with Crippen molar-refractivity contribution in [2.24, 2.45) is 5.92 Å². The molecule has 1 saturated carbocycles. The lowest BCUT2D eigenvalue weighted by molar-refractivity contribution is -0.137. The van der Waals surface area contributed by atoms with Crippen LogP contribution in [0.4, 0.5) is 19.0 Å². The van der Waals surface area contributed by atoms with Crippen molar-refractivity contribution in [2.45, 2.75) is 51.2 Å². The number of alkyl halides is 3. The van der Waals surface area contributed by atoms with Gasteiger partial charge in [0, 0.05) is 23.0 Å². The molecule has 0 bridgehead atoms. The number of rotatable bonds is 4. The number of nitrogens with zero attached hydrogens (tertiary/aromatic N) is 4. The topological polar surface area (TPSA) is 69.6 Å². The zero-order valence-electron chi connectivity index (χ0n) is 17.7. The zero-order chi connectivity index (χ0) is 22.5. The van der Waals surface area contributed by atoms with Gasteiger partial charge < -0.3 is 10.3 Å². The van der Waals surface area contributed by atoms with E-state index in [1.807, 2.05) is 19.1 Å². The van der Waals surface area contributed by atoms with Gasteiger partial charge in [0.05, 0.1) is 16.8 Å². The van der Waals surface area contributed by atoms with Gasteiger partial charge in [-0.2, -0.15) is 13.2 Å². The molecule has 2 atom stereocenters. The van der Waals surface area contributed by atoms with E-state index in [2.05, 4.69) is 31.8 Å². The minimum Gasteiger partial charge on any atom is -0.383 e. The molecule has 1 fully saturated rings. The van der Waals surface area contributed by atoms with Gasteiger partial charge in [-0.25, -0.2) is 15.0 Å². The lowest BCUT2D eigenvalue weighted by Gasteiger charge is -2.15. The van der Waals surface area contributed by atoms with Crippen LogP contribution < -0.4 is 5.73 Å². The molecule has 3 heterocycles. The first-order valence-electron chi connectivity index (χ1n) is 10.8. The van der Waals surface area contributed by atoms with Crippen LogP contribution in [0, 0.1) is 12.8 Å². The number of hydrogen-bond acceptors (Lipinski definition) is 4. The molecule has 8 heteroatoms. The summed E-state index contributed by atoms with van der Waals surface area (Å²) in [4.78, 5) is 12.8. The Balaban J connectivity index is 1.27. The van der Waals surface area contributed by atoms with E-state index in [-0.39, 0.29) is 0 Å². The average molecular weight is 439 g/mol. The maximum atomic E-state index is 13.1. The van der Waals surface area contributed by atoms with Crippen molar-refractivity contribution in [1.82, 2.24) is 19.5 Å². The molecule has 2 N–H and O–H groups in total. The summed E-state index contributed by atoms with van der Waals surface area (Å²) in [6.45, 7) is 2.00. The number of nitrogens with two attached hydrogens (primary N) is 1. The third-order valence-corrected chi connectivity index (χ3v) is 6.67. The van der Waals surface area contributed by atoms with E-state index in [1.54, 1.807) is 12.4 Å². The quantitative estimate of drug-likeness (QED) is 0.432. The van der Waals surface area contributed by atoms with Gasteiger partial charge in [0.15, 0.2) is 0 Å². The van der Waals surface area contributed by atoms with Crippen molar-refractivity contribution >= 4 is 27.8 Å². The average Bonchev–Trinajstić information content (AvgIpc) is 3.38. The Bertz CT molecular complexity index is 1290. The first-order chi connectivity index (χ1) is 15.3. The fourth-order valence-electron chi connectivity index (χ4n) is 4.94. The number of anilines is 1. The second-order valence-corrected chi connectivity index (χ2v) is 8.74. The molecule has 2 unspecified atom stereocenters. The van der Waals surface area contributed by atoms with E-state index in [4.69, 9.17) is 5.73 Å². The molecule has 4 aromatic rings. The van der Waals surface area contributed by atoms with Gasteiger partial charge in [0.1, 0.15) is 17.8 Å². The van der Waals surface area contributed by atoms with Gasteiger partial charge in [-0.1, -0.05) is 12.1 Å². The van der Waals surface area contributed by atoms with Crippen LogP contribution in [-0.4, -0.2) is 19.5 Å². The summed E-state index contributed by atoms with van der Waals surface area (Å²) < 4.78 is 41.5. The standard InChI is InChI=1S/C24H24F3N5/c1-14-19-8-9-32(23(19)30-13-29-14)18-7-5-15(10-18)2-3-16-4-6-17-12-20(24(25,26)27)22(28)31-21(17)11-16/h4,6,8-9,11-13,15,18H,2-3,5,7,10H2,1H3,(H2,28,31). The molecule has 1 aliphatic carbocycles. The van der Waals surface area contributed by atoms with E-state index in [0.717, 1.165) is 60.5 Å². The van der Waals surface area contributed by atoms with E-state index in [0.29, 0.717) is 22.9 Å². The summed E-state index contributed by atoms with van der Waals surface area (Å²) in [5, 5.41) is 1.56. The number of aryl methyl sites for hydroxylation is 2. The van der Waals surface area contributed by atoms with Crippen LogP contribution in [0.5, 0.6) is 0 Å². The van der Waals surface area contributed by atoms with E-state index in [9.17, 15) is 13.2 Å². The van der Waals surface area contributed by atoms with Crippen molar-refractivity contribution in [3.05, 3.63) is 59.7 Å². The summed E-state index contributed by atoms with van der Waals surface area (Å²) in [7, 11) is 0. The van der Waals surface area contributed by atoms with Gasteiger partial charge in [-0.15, -0.1) is 0 Å². The van der Waals surface area contributed by atoms with Crippen LogP contribution in [0.2, 0.25) is 0 Å². The first kappa shape index (κ1) is 20.7. The number of pyridine rings is 1. The molecule has 5 nitrogen and oxygen atoms in total. The molecule has 166 valence electrons. The van der Waals surface area contributed by atoms with Gasteiger partial charge in [-0.05, 0) is 68.7 Å². The molecular weight excluding hydrogens is 415 g/mol. The lowest BCUT2D eigenvalue weighted by atomic mass is 9.97. The SMILES string of the molecule is Cc1ncnc2c1ccn2C1CCC(CCc2ccc3cc(C(F)(F)F)c(N)nc3c2)C1. The Labute approximate surface area is 183 Å². The molecule has 32 heavy (non-hydrogen) atoms. The summed E-state index contributed by atoms with van der Waals surface area (Å²) in [5.41, 5.74) is 8.26. The van der Waals surface area contributed by atoms with E-state index < -0.39 is 17.6 Å².